The van der Waals surface area contributed by atoms with Gasteiger partial charge in [0.05, 0.1) is 42.4 Å². The lowest BCUT2D eigenvalue weighted by Crippen LogP contribution is -2.46. The lowest BCUT2D eigenvalue weighted by atomic mass is 9.98. The first-order chi connectivity index (χ1) is 43.1. The van der Waals surface area contributed by atoms with Gasteiger partial charge in [0.15, 0.2) is 29.5 Å². The highest BCUT2D eigenvalue weighted by molar-refractivity contribution is 6.30. The molecule has 502 valence electrons. The van der Waals surface area contributed by atoms with E-state index in [2.05, 4.69) is 23.7 Å². The maximum absolute atomic E-state index is 13.3. The summed E-state index contributed by atoms with van der Waals surface area (Å²) in [5, 5.41) is 19.7. The summed E-state index contributed by atoms with van der Waals surface area (Å²) in [5.41, 5.74) is 1.80. The number of ether oxygens (including phenoxy) is 7. The molecule has 0 aromatic heterocycles. The molecule has 0 aliphatic carbocycles. The molecule has 4 unspecified atom stereocenters. The summed E-state index contributed by atoms with van der Waals surface area (Å²) in [6.45, 7) is -2.53. The SMILES string of the molecule is O=C(CCl)c1ccc(OC(F)(F)F)cc1.OC(CN1c2cccc(-c3cccc(OC(F)(F)F)c3)c2OCC1c1ccc(OC(F)(F)F)cc1)C(F)(F)F.OC(CN1c2cccc(-c3cccc(OC(F)(F)F)c3)c2OCC1c1ccc(OC(F)(F)F)cc1)C(F)(F)F. The number of aliphatic hydroxyl groups excluding tert-OH is 2. The fourth-order valence-electron chi connectivity index (χ4n) is 9.11. The second kappa shape index (κ2) is 28.6. The second-order valence-electron chi connectivity index (χ2n) is 19.4. The highest BCUT2D eigenvalue weighted by atomic mass is 35.5. The van der Waals surface area contributed by atoms with Crippen molar-refractivity contribution in [3.63, 3.8) is 0 Å². The van der Waals surface area contributed by atoms with Gasteiger partial charge in [-0.15, -0.1) is 77.5 Å². The van der Waals surface area contributed by atoms with Gasteiger partial charge >= 0.3 is 44.2 Å². The van der Waals surface area contributed by atoms with E-state index in [0.29, 0.717) is 0 Å². The van der Waals surface area contributed by atoms with Crippen molar-refractivity contribution >= 4 is 28.8 Å². The number of rotatable bonds is 15. The molecule has 0 amide bonds. The zero-order valence-corrected chi connectivity index (χ0v) is 47.0. The van der Waals surface area contributed by atoms with Crippen LogP contribution in [0.4, 0.5) is 104 Å². The molecular formula is C59H42ClF21N2O10. The van der Waals surface area contributed by atoms with Gasteiger partial charge in [-0.05, 0) is 107 Å². The minimum Gasteiger partial charge on any atom is -0.488 e. The number of halogens is 22. The number of Topliss-reactive ketones (excluding diaryl/α,β-unsaturated/α-hetero) is 1. The van der Waals surface area contributed by atoms with Crippen molar-refractivity contribution in [1.29, 1.82) is 0 Å². The number of anilines is 2. The third kappa shape index (κ3) is 20.8. The largest absolute Gasteiger partial charge is 0.573 e. The minimum absolute atomic E-state index is 0.0318. The molecule has 0 fully saturated rings. The quantitative estimate of drug-likeness (QED) is 0.0576. The number of carbonyl (C=O) groups excluding carboxylic acids is 1. The van der Waals surface area contributed by atoms with E-state index in [4.69, 9.17) is 21.1 Å². The van der Waals surface area contributed by atoms with Crippen molar-refractivity contribution in [2.24, 2.45) is 0 Å². The summed E-state index contributed by atoms with van der Waals surface area (Å²) in [4.78, 5) is 13.4. The van der Waals surface area contributed by atoms with Crippen LogP contribution < -0.4 is 43.0 Å². The predicted molar refractivity (Wildman–Crippen MR) is 287 cm³/mol. The number of β-amino-alcohol motifs (C(OH)–C–C–N with tert-alkyl or cyclic N) is 2. The van der Waals surface area contributed by atoms with Crippen LogP contribution in [-0.2, 0) is 0 Å². The number of hydrogen-bond donors (Lipinski definition) is 2. The Hall–Kier alpha value is -8.85. The number of para-hydroxylation sites is 2. The smallest absolute Gasteiger partial charge is 0.488 e. The Morgan fingerprint density at radius 1 is 0.430 bits per heavy atom. The van der Waals surface area contributed by atoms with Crippen LogP contribution in [0.1, 0.15) is 33.6 Å². The molecule has 7 aromatic carbocycles. The molecular weight excluding hydrogens is 1330 g/mol. The number of benzene rings is 7. The summed E-state index contributed by atoms with van der Waals surface area (Å²) in [7, 11) is 0. The molecule has 2 aliphatic rings. The van der Waals surface area contributed by atoms with Crippen molar-refractivity contribution in [2.75, 3.05) is 42.0 Å². The molecule has 0 spiro atoms. The number of nitrogens with zero attached hydrogens (tertiary/aromatic N) is 2. The standard InChI is InChI=1S/2C25H18F9NO4.C9H6ClF3O2/c2*26-23(27,28)21(36)12-35-19-6-2-5-18(15-3-1-4-17(11-15)39-25(32,33)34)22(19)37-13-20(35)14-7-9-16(10-8-14)38-24(29,30)31;10-5-8(14)6-1-3-7(4-2-6)15-9(11,12)13/h2*1-11,20-21,36H,12-13H2;1-4H,5H2. The predicted octanol–water partition coefficient (Wildman–Crippen LogP) is 17.0. The Labute approximate surface area is 515 Å². The van der Waals surface area contributed by atoms with Crippen LogP contribution in [0.3, 0.4) is 0 Å². The van der Waals surface area contributed by atoms with E-state index in [1.807, 2.05) is 0 Å². The average Bonchev–Trinajstić information content (AvgIpc) is 0.816. The first-order valence-corrected chi connectivity index (χ1v) is 26.6. The maximum Gasteiger partial charge on any atom is 0.573 e. The Morgan fingerprint density at radius 2 is 0.731 bits per heavy atom. The summed E-state index contributed by atoms with van der Waals surface area (Å²) >= 11 is 5.27. The molecule has 0 saturated carbocycles. The summed E-state index contributed by atoms with van der Waals surface area (Å²) in [5.74, 6) is -3.02. The van der Waals surface area contributed by atoms with Gasteiger partial charge in [-0.25, -0.2) is 0 Å². The lowest BCUT2D eigenvalue weighted by molar-refractivity contribution is -0.275. The van der Waals surface area contributed by atoms with E-state index in [-0.39, 0.29) is 92.4 Å². The Morgan fingerprint density at radius 3 is 1.03 bits per heavy atom. The third-order valence-electron chi connectivity index (χ3n) is 12.9. The first kappa shape index (κ1) is 71.6. The van der Waals surface area contributed by atoms with Gasteiger partial charge in [0.25, 0.3) is 0 Å². The zero-order chi connectivity index (χ0) is 68.6. The van der Waals surface area contributed by atoms with Gasteiger partial charge in [0, 0.05) is 16.7 Å². The number of alkyl halides is 22. The normalized spacial score (nSPS) is 15.9. The third-order valence-corrected chi connectivity index (χ3v) is 13.2. The van der Waals surface area contributed by atoms with Crippen LogP contribution in [0.25, 0.3) is 22.3 Å². The van der Waals surface area contributed by atoms with Crippen LogP contribution in [0.15, 0.2) is 158 Å². The fourth-order valence-corrected chi connectivity index (χ4v) is 9.26. The van der Waals surface area contributed by atoms with Gasteiger partial charge < -0.3 is 53.2 Å². The molecule has 93 heavy (non-hydrogen) atoms. The topological polar surface area (TPSA) is 129 Å². The van der Waals surface area contributed by atoms with Crippen LogP contribution in [0.5, 0.6) is 40.2 Å². The fraction of sp³-hybridized carbons (Fsp3) is 0.271. The maximum atomic E-state index is 13.3. The average molecular weight is 1370 g/mol. The number of aliphatic hydroxyl groups is 2. The van der Waals surface area contributed by atoms with Gasteiger partial charge in [0.2, 0.25) is 0 Å². The molecule has 0 radical (unpaired) electrons. The minimum atomic E-state index is -4.99. The Kier molecular flexibility index (Phi) is 22.0. The highest BCUT2D eigenvalue weighted by Crippen LogP contribution is 2.49. The Balaban J connectivity index is 0.000000216. The number of ketones is 1. The van der Waals surface area contributed by atoms with E-state index in [9.17, 15) is 107 Å². The molecule has 2 heterocycles. The first-order valence-electron chi connectivity index (χ1n) is 26.1. The highest BCUT2D eigenvalue weighted by Gasteiger charge is 2.45. The molecule has 0 saturated heterocycles. The number of hydrogen-bond acceptors (Lipinski definition) is 12. The summed E-state index contributed by atoms with van der Waals surface area (Å²) in [6.07, 6.45) is -40.1. The summed E-state index contributed by atoms with van der Waals surface area (Å²) in [6, 6.07) is 29.8. The van der Waals surface area contributed by atoms with Gasteiger partial charge in [0.1, 0.15) is 42.0 Å². The molecule has 0 bridgehead atoms. The van der Waals surface area contributed by atoms with E-state index >= 15 is 0 Å². The second-order valence-corrected chi connectivity index (χ2v) is 19.7. The van der Waals surface area contributed by atoms with Crippen molar-refractivity contribution in [2.45, 2.75) is 68.5 Å². The molecule has 34 heteroatoms. The van der Waals surface area contributed by atoms with E-state index < -0.39 is 105 Å². The van der Waals surface area contributed by atoms with Crippen LogP contribution >= 0.6 is 11.6 Å². The van der Waals surface area contributed by atoms with Crippen LogP contribution in [0.2, 0.25) is 0 Å². The van der Waals surface area contributed by atoms with Crippen molar-refractivity contribution in [1.82, 2.24) is 0 Å². The van der Waals surface area contributed by atoms with Gasteiger partial charge in [-0.1, -0.05) is 72.8 Å². The molecule has 7 aromatic rings. The number of carbonyl (C=O) groups is 1. The number of fused-ring (bicyclic) bond motifs is 2. The monoisotopic (exact) mass is 1370 g/mol. The lowest BCUT2D eigenvalue weighted by Gasteiger charge is -2.40. The van der Waals surface area contributed by atoms with E-state index in [1.54, 1.807) is 0 Å². The van der Waals surface area contributed by atoms with Crippen LogP contribution in [-0.4, -0.2) is 105 Å². The van der Waals surface area contributed by atoms with Gasteiger partial charge in [-0.2, -0.15) is 26.3 Å². The Bertz CT molecular complexity index is 3420. The molecule has 9 rings (SSSR count). The molecule has 2 aliphatic heterocycles. The van der Waals surface area contributed by atoms with E-state index in [1.165, 1.54) is 107 Å². The van der Waals surface area contributed by atoms with Gasteiger partial charge in [-0.3, -0.25) is 4.79 Å². The zero-order valence-electron chi connectivity index (χ0n) is 46.2. The van der Waals surface area contributed by atoms with Crippen molar-refractivity contribution in [3.8, 4) is 62.5 Å². The molecule has 12 nitrogen and oxygen atoms in total. The molecule has 2 N–H and O–H groups in total. The molecule has 4 atom stereocenters. The van der Waals surface area contributed by atoms with Crippen LogP contribution in [0, 0.1) is 0 Å². The van der Waals surface area contributed by atoms with Crippen molar-refractivity contribution < 1.29 is 140 Å². The van der Waals surface area contributed by atoms with Crippen molar-refractivity contribution in [3.05, 3.63) is 174 Å². The summed E-state index contributed by atoms with van der Waals surface area (Å²) < 4.78 is 297. The van der Waals surface area contributed by atoms with E-state index in [0.717, 1.165) is 60.7 Å².